The molecule has 0 fully saturated rings. The van der Waals surface area contributed by atoms with Crippen LogP contribution in [0.25, 0.3) is 0 Å². The number of amides is 2. The van der Waals surface area contributed by atoms with Crippen LogP contribution in [0.5, 0.6) is 0 Å². The molecule has 2 rings (SSSR count). The van der Waals surface area contributed by atoms with Crippen LogP contribution in [-0.4, -0.2) is 30.4 Å². The van der Waals surface area contributed by atoms with Crippen molar-refractivity contribution in [2.45, 2.75) is 38.3 Å². The van der Waals surface area contributed by atoms with Crippen molar-refractivity contribution in [2.75, 3.05) is 6.61 Å². The molecule has 6 heteroatoms. The first-order chi connectivity index (χ1) is 11.6. The zero-order valence-electron chi connectivity index (χ0n) is 13.7. The summed E-state index contributed by atoms with van der Waals surface area (Å²) in [4.78, 5) is 35.5. The topological polar surface area (TPSA) is 84.5 Å². The predicted molar refractivity (Wildman–Crippen MR) is 88.9 cm³/mol. The third kappa shape index (κ3) is 5.53. The second-order valence-electron chi connectivity index (χ2n) is 5.66. The Kier molecular flexibility index (Phi) is 6.54. The van der Waals surface area contributed by atoms with Crippen LogP contribution in [0.15, 0.2) is 42.5 Å². The maximum Gasteiger partial charge on any atom is 0.329 e. The number of carbonyl (C=O) groups is 3. The number of hydrogen-bond acceptors (Lipinski definition) is 4. The molecule has 0 aliphatic carbocycles. The lowest BCUT2D eigenvalue weighted by Crippen LogP contribution is -2.42. The van der Waals surface area contributed by atoms with Crippen LogP contribution in [0, 0.1) is 0 Å². The van der Waals surface area contributed by atoms with Gasteiger partial charge < -0.3 is 15.4 Å². The molecule has 2 N–H and O–H groups in total. The highest BCUT2D eigenvalue weighted by molar-refractivity contribution is 5.83. The minimum Gasteiger partial charge on any atom is -0.462 e. The molecule has 1 aliphatic heterocycles. The van der Waals surface area contributed by atoms with E-state index < -0.39 is 18.1 Å². The van der Waals surface area contributed by atoms with E-state index in [4.69, 9.17) is 4.74 Å². The molecule has 0 radical (unpaired) electrons. The number of allylic oxidation sites excluding steroid dienone is 1. The summed E-state index contributed by atoms with van der Waals surface area (Å²) in [6, 6.07) is 8.22. The van der Waals surface area contributed by atoms with Crippen LogP contribution in [-0.2, 0) is 19.1 Å². The van der Waals surface area contributed by atoms with E-state index in [1.807, 2.05) is 36.4 Å². The highest BCUT2D eigenvalue weighted by Gasteiger charge is 2.23. The Morgan fingerprint density at radius 3 is 2.67 bits per heavy atom. The third-order valence-electron chi connectivity index (χ3n) is 3.67. The van der Waals surface area contributed by atoms with E-state index >= 15 is 0 Å². The van der Waals surface area contributed by atoms with Crippen molar-refractivity contribution >= 4 is 17.8 Å². The number of carbonyl (C=O) groups excluding carboxylic acids is 3. The van der Waals surface area contributed by atoms with E-state index in [0.29, 0.717) is 19.3 Å². The van der Waals surface area contributed by atoms with Gasteiger partial charge in [0.25, 0.3) is 0 Å². The molecule has 24 heavy (non-hydrogen) atoms. The first kappa shape index (κ1) is 17.7. The molecule has 0 saturated carbocycles. The van der Waals surface area contributed by atoms with Gasteiger partial charge in [-0.05, 0) is 18.4 Å². The summed E-state index contributed by atoms with van der Waals surface area (Å²) in [5.74, 6) is -0.889. The molecule has 0 saturated heterocycles. The molecule has 6 nitrogen and oxygen atoms in total. The molecule has 1 aromatic carbocycles. The fraction of sp³-hybridized carbons (Fsp3) is 0.389. The first-order valence-electron chi connectivity index (χ1n) is 7.99. The zero-order valence-corrected chi connectivity index (χ0v) is 13.7. The van der Waals surface area contributed by atoms with E-state index in [2.05, 4.69) is 10.6 Å². The van der Waals surface area contributed by atoms with E-state index in [9.17, 15) is 14.4 Å². The van der Waals surface area contributed by atoms with Crippen molar-refractivity contribution in [3.05, 3.63) is 48.0 Å². The quantitative estimate of drug-likeness (QED) is 0.638. The summed E-state index contributed by atoms with van der Waals surface area (Å²) in [7, 11) is 0. The lowest BCUT2D eigenvalue weighted by Gasteiger charge is -2.22. The van der Waals surface area contributed by atoms with E-state index in [1.54, 1.807) is 6.08 Å². The molecule has 0 bridgehead atoms. The molecule has 2 amide bonds. The smallest absolute Gasteiger partial charge is 0.329 e. The van der Waals surface area contributed by atoms with Gasteiger partial charge in [0.2, 0.25) is 11.8 Å². The Hall–Kier alpha value is -2.63. The number of cyclic esters (lactones) is 1. The largest absolute Gasteiger partial charge is 0.462 e. The zero-order chi connectivity index (χ0) is 17.4. The van der Waals surface area contributed by atoms with Crippen LogP contribution >= 0.6 is 0 Å². The van der Waals surface area contributed by atoms with Crippen LogP contribution in [0.2, 0.25) is 0 Å². The molecule has 128 valence electrons. The van der Waals surface area contributed by atoms with Crippen LogP contribution in [0.1, 0.15) is 37.8 Å². The minimum absolute atomic E-state index is 0.0222. The predicted octanol–water partition coefficient (Wildman–Crippen LogP) is 1.63. The van der Waals surface area contributed by atoms with Crippen molar-refractivity contribution in [2.24, 2.45) is 0 Å². The lowest BCUT2D eigenvalue weighted by atomic mass is 10.1. The number of hydrogen-bond donors (Lipinski definition) is 2. The normalized spacial score (nSPS) is 23.9. The monoisotopic (exact) mass is 330 g/mol. The second-order valence-corrected chi connectivity index (χ2v) is 5.66. The molecule has 0 aromatic heterocycles. The van der Waals surface area contributed by atoms with Gasteiger partial charge in [-0.1, -0.05) is 42.5 Å². The van der Waals surface area contributed by atoms with Gasteiger partial charge >= 0.3 is 5.97 Å². The van der Waals surface area contributed by atoms with Crippen LogP contribution in [0.4, 0.5) is 0 Å². The summed E-state index contributed by atoms with van der Waals surface area (Å²) in [5.41, 5.74) is 0.863. The van der Waals surface area contributed by atoms with Gasteiger partial charge in [-0.15, -0.1) is 0 Å². The van der Waals surface area contributed by atoms with Crippen molar-refractivity contribution in [1.29, 1.82) is 0 Å². The molecule has 2 atom stereocenters. The highest BCUT2D eigenvalue weighted by Crippen LogP contribution is 2.15. The maximum atomic E-state index is 12.2. The Morgan fingerprint density at radius 2 is 1.96 bits per heavy atom. The highest BCUT2D eigenvalue weighted by atomic mass is 16.5. The molecule has 0 unspecified atom stereocenters. The summed E-state index contributed by atoms with van der Waals surface area (Å²) >= 11 is 0. The summed E-state index contributed by atoms with van der Waals surface area (Å²) < 4.78 is 5.34. The maximum absolute atomic E-state index is 12.2. The molecule has 0 spiro atoms. The average molecular weight is 330 g/mol. The second kappa shape index (κ2) is 8.86. The van der Waals surface area contributed by atoms with Crippen LogP contribution < -0.4 is 10.6 Å². The molecule has 1 aliphatic rings. The summed E-state index contributed by atoms with van der Waals surface area (Å²) in [6.45, 7) is 1.38. The minimum atomic E-state index is -0.717. The third-order valence-corrected chi connectivity index (χ3v) is 3.67. The van der Waals surface area contributed by atoms with Crippen molar-refractivity contribution in [3.63, 3.8) is 0 Å². The summed E-state index contributed by atoms with van der Waals surface area (Å²) in [5, 5.41) is 5.48. The SMILES string of the molecule is CC(=O)N[C@H]1C/C=C\CCC(=O)N[C@H](c2ccccc2)COC1=O. The van der Waals surface area contributed by atoms with E-state index in [-0.39, 0.29) is 18.4 Å². The standard InChI is InChI=1S/C18H22N2O4/c1-13(21)19-15-10-6-3-7-11-17(22)20-16(12-24-18(15)23)14-8-4-2-5-9-14/h2-6,8-9,15-16H,7,10-12H2,1H3,(H,19,21)(H,20,22)/b6-3-/t15-,16-/m0/s1. The first-order valence-corrected chi connectivity index (χ1v) is 7.99. The molecule has 1 aromatic rings. The number of esters is 1. The number of nitrogens with one attached hydrogen (secondary N) is 2. The average Bonchev–Trinajstić information content (AvgIpc) is 2.56. The molecular formula is C18H22N2O4. The number of rotatable bonds is 2. The Labute approximate surface area is 141 Å². The Morgan fingerprint density at radius 1 is 1.21 bits per heavy atom. The molecular weight excluding hydrogens is 308 g/mol. The lowest BCUT2D eigenvalue weighted by molar-refractivity contribution is -0.148. The van der Waals surface area contributed by atoms with Gasteiger partial charge in [-0.3, -0.25) is 9.59 Å². The van der Waals surface area contributed by atoms with Crippen LogP contribution in [0.3, 0.4) is 0 Å². The van der Waals surface area contributed by atoms with Crippen molar-refractivity contribution < 1.29 is 19.1 Å². The van der Waals surface area contributed by atoms with Gasteiger partial charge in [0.1, 0.15) is 12.6 Å². The van der Waals surface area contributed by atoms with Gasteiger partial charge in [-0.25, -0.2) is 4.79 Å². The van der Waals surface area contributed by atoms with Crippen molar-refractivity contribution in [3.8, 4) is 0 Å². The van der Waals surface area contributed by atoms with Gasteiger partial charge in [0, 0.05) is 13.3 Å². The number of benzene rings is 1. The number of ether oxygens (including phenoxy) is 1. The van der Waals surface area contributed by atoms with E-state index in [0.717, 1.165) is 5.56 Å². The fourth-order valence-corrected chi connectivity index (χ4v) is 2.46. The van der Waals surface area contributed by atoms with Gasteiger partial charge in [-0.2, -0.15) is 0 Å². The van der Waals surface area contributed by atoms with Gasteiger partial charge in [0.15, 0.2) is 0 Å². The Bertz CT molecular complexity index is 613. The fourth-order valence-electron chi connectivity index (χ4n) is 2.46. The van der Waals surface area contributed by atoms with Gasteiger partial charge in [0.05, 0.1) is 6.04 Å². The van der Waals surface area contributed by atoms with Crippen molar-refractivity contribution in [1.82, 2.24) is 10.6 Å². The van der Waals surface area contributed by atoms with E-state index in [1.165, 1.54) is 6.92 Å². The Balaban J connectivity index is 2.15. The molecule has 1 heterocycles. The summed E-state index contributed by atoms with van der Waals surface area (Å²) in [6.07, 6.45) is 4.90.